The molecule has 0 bridgehead atoms. The molecule has 1 heterocycles. The van der Waals surface area contributed by atoms with Crippen LogP contribution in [0.5, 0.6) is 0 Å². The Balaban J connectivity index is 1.85. The molecule has 64 heavy (non-hydrogen) atoms. The van der Waals surface area contributed by atoms with Gasteiger partial charge in [-0.25, -0.2) is 18.1 Å². The van der Waals surface area contributed by atoms with Crippen molar-refractivity contribution in [1.29, 1.82) is 0 Å². The Hall–Kier alpha value is -5.08. The second-order valence-corrected chi connectivity index (χ2v) is 22.5. The van der Waals surface area contributed by atoms with Crippen molar-refractivity contribution in [3.63, 3.8) is 0 Å². The third kappa shape index (κ3) is 9.22. The first kappa shape index (κ1) is 48.4. The van der Waals surface area contributed by atoms with Gasteiger partial charge in [-0.05, 0) is 106 Å². The van der Waals surface area contributed by atoms with E-state index in [1.165, 1.54) is 64.1 Å². The number of hydrogen-bond acceptors (Lipinski definition) is 13. The summed E-state index contributed by atoms with van der Waals surface area (Å²) in [5.41, 5.74) is -0.238. The van der Waals surface area contributed by atoms with Crippen LogP contribution in [0, 0.1) is 41.5 Å². The molecule has 4 aromatic rings. The highest BCUT2D eigenvalue weighted by Crippen LogP contribution is 2.46. The van der Waals surface area contributed by atoms with E-state index in [9.17, 15) is 60.3 Å². The zero-order chi connectivity index (χ0) is 47.8. The minimum absolute atomic E-state index is 0.0167. The average molecular weight is 978 g/mol. The summed E-state index contributed by atoms with van der Waals surface area (Å²) in [4.78, 5) is 1.43. The highest BCUT2D eigenvalue weighted by molar-refractivity contribution is 7.89. The molecule has 18 nitrogen and oxygen atoms in total. The number of sulfonamides is 1. The zero-order valence-corrected chi connectivity index (χ0v) is 39.4. The van der Waals surface area contributed by atoms with Crippen LogP contribution in [-0.2, 0) is 50.5 Å². The first-order chi connectivity index (χ1) is 29.4. The smallest absolute Gasteiger partial charge is 0.296 e. The molecule has 6 rings (SSSR count). The Kier molecular flexibility index (Phi) is 12.6. The van der Waals surface area contributed by atoms with Crippen molar-refractivity contribution in [2.75, 3.05) is 5.32 Å². The van der Waals surface area contributed by atoms with Gasteiger partial charge in [0.15, 0.2) is 0 Å². The molecule has 0 fully saturated rings. The minimum atomic E-state index is -5.27. The SMILES string of the molecule is CCC(C)NS(=O)(=O)c1ccccc1-c1c2cc(S(=O)(=O)O)/c(=N/c3c(C)cc(C)c(S(=O)(=O)O)c3C)cc-2oc2cc(Nc3c(C)cc(C)c(S(=O)(=O)O)c3C)c(S(=O)(=O)O)cc12. The lowest BCUT2D eigenvalue weighted by molar-refractivity contribution is 0.479. The van der Waals surface area contributed by atoms with E-state index in [1.54, 1.807) is 27.7 Å². The number of nitrogens with zero attached hydrogens (tertiary/aromatic N) is 1. The van der Waals surface area contributed by atoms with Crippen molar-refractivity contribution < 1.29 is 64.7 Å². The Labute approximate surface area is 370 Å². The fraction of sp³-hybridized carbons (Fsp3) is 0.244. The minimum Gasteiger partial charge on any atom is -0.456 e. The third-order valence-electron chi connectivity index (χ3n) is 10.6. The van der Waals surface area contributed by atoms with E-state index in [4.69, 9.17) is 4.42 Å². The molecule has 0 radical (unpaired) electrons. The van der Waals surface area contributed by atoms with Crippen LogP contribution in [0.3, 0.4) is 0 Å². The van der Waals surface area contributed by atoms with Crippen molar-refractivity contribution in [1.82, 2.24) is 4.72 Å². The molecule has 4 aromatic carbocycles. The molecule has 1 aliphatic heterocycles. The lowest BCUT2D eigenvalue weighted by Gasteiger charge is -2.22. The highest BCUT2D eigenvalue weighted by Gasteiger charge is 2.31. The number of aryl methyl sites for hydroxylation is 4. The fourth-order valence-corrected chi connectivity index (χ4v) is 12.6. The summed E-state index contributed by atoms with van der Waals surface area (Å²) in [6, 6.07) is 11.7. The van der Waals surface area contributed by atoms with Gasteiger partial charge in [0.2, 0.25) is 10.0 Å². The third-order valence-corrected chi connectivity index (χ3v) is 16.4. The molecule has 1 unspecified atom stereocenters. The van der Waals surface area contributed by atoms with Gasteiger partial charge in [-0.3, -0.25) is 18.2 Å². The number of anilines is 2. The Morgan fingerprint density at radius 3 is 1.75 bits per heavy atom. The van der Waals surface area contributed by atoms with Crippen LogP contribution < -0.4 is 15.4 Å². The van der Waals surface area contributed by atoms with Crippen LogP contribution in [0.25, 0.3) is 33.4 Å². The van der Waals surface area contributed by atoms with Crippen LogP contribution in [-0.4, -0.2) is 66.3 Å². The number of nitrogens with one attached hydrogen (secondary N) is 2. The Morgan fingerprint density at radius 2 is 1.19 bits per heavy atom. The molecule has 0 aromatic heterocycles. The molecule has 0 saturated carbocycles. The van der Waals surface area contributed by atoms with Gasteiger partial charge in [-0.1, -0.05) is 37.3 Å². The highest BCUT2D eigenvalue weighted by atomic mass is 32.2. The largest absolute Gasteiger partial charge is 0.456 e. The summed E-state index contributed by atoms with van der Waals surface area (Å²) in [6.07, 6.45) is 0.381. The first-order valence-corrected chi connectivity index (χ1v) is 26.2. The van der Waals surface area contributed by atoms with Crippen molar-refractivity contribution in [2.45, 2.75) is 92.3 Å². The molecule has 0 saturated heterocycles. The number of fused-ring (bicyclic) bond motifs is 2. The van der Waals surface area contributed by atoms with Crippen LogP contribution in [0.1, 0.15) is 53.6 Å². The van der Waals surface area contributed by atoms with Gasteiger partial charge in [-0.2, -0.15) is 33.7 Å². The normalized spacial score (nSPS) is 13.8. The maximum absolute atomic E-state index is 14.1. The number of rotatable bonds is 12. The topological polar surface area (TPSA) is 301 Å². The molecule has 1 atom stereocenters. The van der Waals surface area contributed by atoms with Gasteiger partial charge in [0.05, 0.1) is 21.6 Å². The molecule has 6 N–H and O–H groups in total. The Bertz CT molecular complexity index is 3590. The average Bonchev–Trinajstić information content (AvgIpc) is 3.14. The van der Waals surface area contributed by atoms with Crippen molar-refractivity contribution in [2.24, 2.45) is 4.99 Å². The van der Waals surface area contributed by atoms with E-state index in [-0.39, 0.29) is 77.6 Å². The maximum atomic E-state index is 14.1. The van der Waals surface area contributed by atoms with Crippen LogP contribution in [0.15, 0.2) is 94.6 Å². The molecule has 342 valence electrons. The lowest BCUT2D eigenvalue weighted by Crippen LogP contribution is -2.32. The van der Waals surface area contributed by atoms with Crippen molar-refractivity contribution >= 4 is 78.5 Å². The van der Waals surface area contributed by atoms with E-state index in [0.29, 0.717) is 17.5 Å². The van der Waals surface area contributed by atoms with Crippen LogP contribution in [0.2, 0.25) is 0 Å². The summed E-state index contributed by atoms with van der Waals surface area (Å²) in [6.45, 7) is 12.0. The molecule has 23 heteroatoms. The molecular formula is C41H43N3O15S5. The molecule has 1 aliphatic carbocycles. The van der Waals surface area contributed by atoms with Crippen molar-refractivity contribution in [3.8, 4) is 22.5 Å². The first-order valence-electron chi connectivity index (χ1n) is 19.0. The molecule has 0 spiro atoms. The standard InChI is InChI=1S/C41H43N3O15S5/c1-9-24(6)44-60(45,46)34-13-11-10-12-27(34)37-28-16-35(61(47,48)49)30(42-38-20(2)14-22(4)40(25(38)7)63(53,54)55)18-32(28)59-33-19-31(36(17-29(33)37)62(50,51)52)43-39-21(3)15-23(5)41(26(39)8)64(56,57)58/h10-19,24,42,44H,9H2,1-8H3,(H,47,48,49)(H,50,51,52)(H,53,54,55)(H,56,57,58)/b43-31+. The van der Waals surface area contributed by atoms with E-state index in [0.717, 1.165) is 24.3 Å². The Morgan fingerprint density at radius 1 is 0.625 bits per heavy atom. The van der Waals surface area contributed by atoms with Crippen LogP contribution >= 0.6 is 0 Å². The summed E-state index contributed by atoms with van der Waals surface area (Å²) in [5.74, 6) is -0.241. The fourth-order valence-electron chi connectivity index (χ4n) is 7.89. The van der Waals surface area contributed by atoms with Crippen molar-refractivity contribution in [3.05, 3.63) is 99.4 Å². The number of benzene rings is 5. The van der Waals surface area contributed by atoms with E-state index in [2.05, 4.69) is 15.0 Å². The summed E-state index contributed by atoms with van der Waals surface area (Å²) < 4.78 is 181. The van der Waals surface area contributed by atoms with E-state index < -0.39 is 81.5 Å². The predicted molar refractivity (Wildman–Crippen MR) is 237 cm³/mol. The molecular weight excluding hydrogens is 935 g/mol. The summed E-state index contributed by atoms with van der Waals surface area (Å²) in [7, 11) is -24.5. The van der Waals surface area contributed by atoms with Crippen LogP contribution in [0.4, 0.5) is 17.1 Å². The monoisotopic (exact) mass is 977 g/mol. The maximum Gasteiger partial charge on any atom is 0.296 e. The second kappa shape index (κ2) is 16.7. The van der Waals surface area contributed by atoms with Gasteiger partial charge in [-0.15, -0.1) is 0 Å². The predicted octanol–water partition coefficient (Wildman–Crippen LogP) is 7.09. The van der Waals surface area contributed by atoms with Gasteiger partial charge in [0, 0.05) is 45.9 Å². The lowest BCUT2D eigenvalue weighted by atomic mass is 9.93. The van der Waals surface area contributed by atoms with Gasteiger partial charge in [0.1, 0.15) is 30.9 Å². The second-order valence-electron chi connectivity index (χ2n) is 15.4. The zero-order valence-electron chi connectivity index (χ0n) is 35.3. The van der Waals surface area contributed by atoms with Gasteiger partial charge < -0.3 is 9.73 Å². The van der Waals surface area contributed by atoms with E-state index >= 15 is 0 Å². The summed E-state index contributed by atoms with van der Waals surface area (Å²) in [5, 5.41) is 2.13. The summed E-state index contributed by atoms with van der Waals surface area (Å²) >= 11 is 0. The van der Waals surface area contributed by atoms with Gasteiger partial charge >= 0.3 is 0 Å². The number of hydrogen-bond donors (Lipinski definition) is 6. The van der Waals surface area contributed by atoms with E-state index in [1.807, 2.05) is 0 Å². The molecule has 2 aliphatic rings. The quantitative estimate of drug-likeness (QED) is 0.0526. The van der Waals surface area contributed by atoms with Gasteiger partial charge in [0.25, 0.3) is 40.5 Å². The molecule has 0 amide bonds.